The van der Waals surface area contributed by atoms with E-state index < -0.39 is 53.3 Å². The van der Waals surface area contributed by atoms with E-state index in [1.54, 1.807) is 6.33 Å². The Balaban J connectivity index is 1.55. The summed E-state index contributed by atoms with van der Waals surface area (Å²) in [7, 11) is 0. The van der Waals surface area contributed by atoms with Gasteiger partial charge in [-0.2, -0.15) is 13.2 Å². The second kappa shape index (κ2) is 9.23. The molecule has 3 aliphatic rings. The molecule has 4 amide bonds. The maximum absolute atomic E-state index is 13.6. The molecule has 3 heterocycles. The van der Waals surface area contributed by atoms with Crippen LogP contribution in [0.5, 0.6) is 0 Å². The van der Waals surface area contributed by atoms with Crippen molar-refractivity contribution in [3.63, 3.8) is 0 Å². The molecular formula is C24H34F3N7O4. The van der Waals surface area contributed by atoms with Crippen LogP contribution in [0.15, 0.2) is 6.33 Å². The van der Waals surface area contributed by atoms with Gasteiger partial charge in [0.15, 0.2) is 0 Å². The minimum absolute atomic E-state index is 0.0541. The van der Waals surface area contributed by atoms with Crippen molar-refractivity contribution in [1.29, 1.82) is 0 Å². The van der Waals surface area contributed by atoms with Gasteiger partial charge in [0.1, 0.15) is 30.3 Å². The zero-order valence-corrected chi connectivity index (χ0v) is 22.0. The number of primary amides is 1. The highest BCUT2D eigenvalue weighted by Gasteiger charge is 2.70. The molecule has 1 saturated carbocycles. The van der Waals surface area contributed by atoms with Crippen LogP contribution in [-0.2, 0) is 25.7 Å². The van der Waals surface area contributed by atoms with E-state index >= 15 is 0 Å². The minimum Gasteiger partial charge on any atom is -0.368 e. The van der Waals surface area contributed by atoms with Gasteiger partial charge in [0, 0.05) is 19.0 Å². The van der Waals surface area contributed by atoms with Crippen molar-refractivity contribution in [3.05, 3.63) is 12.2 Å². The summed E-state index contributed by atoms with van der Waals surface area (Å²) >= 11 is 0. The van der Waals surface area contributed by atoms with Gasteiger partial charge in [-0.05, 0) is 35.5 Å². The van der Waals surface area contributed by atoms with Crippen LogP contribution in [0.25, 0.3) is 0 Å². The Bertz CT molecular complexity index is 1140. The number of hydrogen-bond acceptors (Lipinski definition) is 6. The molecule has 38 heavy (non-hydrogen) atoms. The predicted octanol–water partition coefficient (Wildman–Crippen LogP) is 0.702. The highest BCUT2D eigenvalue weighted by molar-refractivity contribution is 5.96. The fraction of sp³-hybridized carbons (Fsp3) is 0.750. The fourth-order valence-electron chi connectivity index (χ4n) is 6.03. The lowest BCUT2D eigenvalue weighted by atomic mass is 9.85. The Hall–Kier alpha value is -3.19. The summed E-state index contributed by atoms with van der Waals surface area (Å²) < 4.78 is 40.9. The average molecular weight is 542 g/mol. The topological polar surface area (TPSA) is 152 Å². The summed E-state index contributed by atoms with van der Waals surface area (Å²) in [6, 6.07) is -3.59. The van der Waals surface area contributed by atoms with Crippen molar-refractivity contribution in [2.24, 2.45) is 28.4 Å². The molecule has 14 heteroatoms. The third kappa shape index (κ3) is 4.96. The lowest BCUT2D eigenvalue weighted by molar-refractivity contribution is -0.176. The number of amides is 4. The van der Waals surface area contributed by atoms with Crippen LogP contribution in [0, 0.1) is 22.7 Å². The molecule has 6 atom stereocenters. The normalized spacial score (nSPS) is 27.2. The van der Waals surface area contributed by atoms with Crippen molar-refractivity contribution < 1.29 is 32.3 Å². The summed E-state index contributed by atoms with van der Waals surface area (Å²) in [6.45, 7) is 9.33. The van der Waals surface area contributed by atoms with Crippen molar-refractivity contribution in [1.82, 2.24) is 30.3 Å². The third-order valence-electron chi connectivity index (χ3n) is 8.32. The molecule has 4 N–H and O–H groups in total. The number of rotatable bonds is 7. The summed E-state index contributed by atoms with van der Waals surface area (Å²) in [5.74, 6) is -4.12. The summed E-state index contributed by atoms with van der Waals surface area (Å²) in [5, 5.41) is 12.5. The predicted molar refractivity (Wildman–Crippen MR) is 127 cm³/mol. The van der Waals surface area contributed by atoms with Gasteiger partial charge in [-0.3, -0.25) is 19.2 Å². The maximum atomic E-state index is 13.6. The molecular weight excluding hydrogens is 507 g/mol. The Morgan fingerprint density at radius 1 is 1.18 bits per heavy atom. The molecule has 1 saturated heterocycles. The van der Waals surface area contributed by atoms with E-state index in [4.69, 9.17) is 5.73 Å². The molecule has 2 unspecified atom stereocenters. The highest BCUT2D eigenvalue weighted by Crippen LogP contribution is 2.65. The Labute approximate surface area is 218 Å². The number of piperidine rings is 1. The molecule has 2 aliphatic heterocycles. The van der Waals surface area contributed by atoms with E-state index in [0.29, 0.717) is 18.8 Å². The summed E-state index contributed by atoms with van der Waals surface area (Å²) in [4.78, 5) is 52.5. The van der Waals surface area contributed by atoms with Crippen molar-refractivity contribution in [2.45, 2.75) is 84.2 Å². The van der Waals surface area contributed by atoms with E-state index in [0.717, 1.165) is 0 Å². The quantitative estimate of drug-likeness (QED) is 0.462. The molecule has 210 valence electrons. The standard InChI is InChI=1S/C24H34F3N7O4/c1-22(2,3)16(31-21(38)24(25,26)27)20(37)34-9-12-14(23(12,4)5)15(34)19(36)30-13(17(28)35)8-11-6-7-33-10-29-32-18(11)33/h10-16H,6-9H2,1-5H3,(H2,28,35)(H,30,36)(H,31,38)/t11-,12-,13?,14-,15-,16?/m0/s1. The van der Waals surface area contributed by atoms with E-state index in [2.05, 4.69) is 15.5 Å². The number of fused-ring (bicyclic) bond motifs is 2. The Morgan fingerprint density at radius 2 is 1.84 bits per heavy atom. The van der Waals surface area contributed by atoms with Crippen molar-refractivity contribution in [3.8, 4) is 0 Å². The zero-order chi connectivity index (χ0) is 28.4. The van der Waals surface area contributed by atoms with E-state index in [1.807, 2.05) is 23.7 Å². The van der Waals surface area contributed by atoms with Gasteiger partial charge < -0.3 is 25.8 Å². The van der Waals surface area contributed by atoms with E-state index in [1.165, 1.54) is 25.7 Å². The lowest BCUT2D eigenvalue weighted by Gasteiger charge is -2.38. The average Bonchev–Trinajstić information content (AvgIpc) is 3.29. The summed E-state index contributed by atoms with van der Waals surface area (Å²) in [5.41, 5.74) is 4.26. The van der Waals surface area contributed by atoms with Gasteiger partial charge in [-0.1, -0.05) is 34.6 Å². The number of halogens is 3. The lowest BCUT2D eigenvalue weighted by Crippen LogP contribution is -2.61. The van der Waals surface area contributed by atoms with Gasteiger partial charge in [0.2, 0.25) is 17.7 Å². The molecule has 1 aromatic rings. The molecule has 0 bridgehead atoms. The van der Waals surface area contributed by atoms with Crippen LogP contribution in [0.1, 0.15) is 59.2 Å². The first kappa shape index (κ1) is 27.8. The number of carbonyl (C=O) groups excluding carboxylic acids is 4. The highest BCUT2D eigenvalue weighted by atomic mass is 19.4. The number of alkyl halides is 3. The third-order valence-corrected chi connectivity index (χ3v) is 8.32. The number of nitrogens with zero attached hydrogens (tertiary/aromatic N) is 4. The molecule has 4 rings (SSSR count). The van der Waals surface area contributed by atoms with Gasteiger partial charge in [0.25, 0.3) is 0 Å². The molecule has 0 radical (unpaired) electrons. The number of hydrogen-bond donors (Lipinski definition) is 3. The van der Waals surface area contributed by atoms with Crippen LogP contribution < -0.4 is 16.4 Å². The largest absolute Gasteiger partial charge is 0.471 e. The Morgan fingerprint density at radius 3 is 2.42 bits per heavy atom. The van der Waals surface area contributed by atoms with Gasteiger partial charge in [0.05, 0.1) is 0 Å². The van der Waals surface area contributed by atoms with Crippen LogP contribution in [-0.4, -0.2) is 74.1 Å². The van der Waals surface area contributed by atoms with E-state index in [-0.39, 0.29) is 36.1 Å². The van der Waals surface area contributed by atoms with E-state index in [9.17, 15) is 32.3 Å². The fourth-order valence-corrected chi connectivity index (χ4v) is 6.03. The number of nitrogens with two attached hydrogens (primary N) is 1. The van der Waals surface area contributed by atoms with Crippen molar-refractivity contribution >= 4 is 23.6 Å². The van der Waals surface area contributed by atoms with Crippen molar-refractivity contribution in [2.75, 3.05) is 6.54 Å². The number of likely N-dealkylation sites (tertiary alicyclic amines) is 1. The van der Waals surface area contributed by atoms with Crippen LogP contribution in [0.2, 0.25) is 0 Å². The van der Waals surface area contributed by atoms with Gasteiger partial charge in [-0.15, -0.1) is 10.2 Å². The SMILES string of the molecule is CC(C)(C)C(NC(=O)C(F)(F)F)C(=O)N1C[C@H]2[C@@H]([C@H]1C(=O)NC(C[C@@H]1CCn3cnnc31)C(N)=O)C2(C)C. The number of nitrogens with one attached hydrogen (secondary N) is 2. The zero-order valence-electron chi connectivity index (χ0n) is 22.0. The molecule has 11 nitrogen and oxygen atoms in total. The van der Waals surface area contributed by atoms with Gasteiger partial charge >= 0.3 is 12.1 Å². The second-order valence-electron chi connectivity index (χ2n) is 12.2. The Kier molecular flexibility index (Phi) is 6.76. The molecule has 0 aromatic carbocycles. The number of aryl methyl sites for hydroxylation is 1. The first-order valence-corrected chi connectivity index (χ1v) is 12.6. The second-order valence-corrected chi connectivity index (χ2v) is 12.2. The smallest absolute Gasteiger partial charge is 0.368 e. The van der Waals surface area contributed by atoms with Crippen LogP contribution >= 0.6 is 0 Å². The molecule has 1 aromatic heterocycles. The molecule has 2 fully saturated rings. The maximum Gasteiger partial charge on any atom is 0.471 e. The molecule has 0 spiro atoms. The first-order valence-electron chi connectivity index (χ1n) is 12.6. The minimum atomic E-state index is -5.17. The number of aromatic nitrogens is 3. The van der Waals surface area contributed by atoms with Crippen LogP contribution in [0.3, 0.4) is 0 Å². The first-order chi connectivity index (χ1) is 17.4. The molecule has 1 aliphatic carbocycles. The monoisotopic (exact) mass is 541 g/mol. The van der Waals surface area contributed by atoms with Gasteiger partial charge in [-0.25, -0.2) is 0 Å². The number of carbonyl (C=O) groups is 4. The van der Waals surface area contributed by atoms with Crippen LogP contribution in [0.4, 0.5) is 13.2 Å². The summed E-state index contributed by atoms with van der Waals surface area (Å²) in [6.07, 6.45) is -2.69.